The van der Waals surface area contributed by atoms with Gasteiger partial charge in [0.1, 0.15) is 0 Å². The van der Waals surface area contributed by atoms with E-state index in [9.17, 15) is 0 Å². The summed E-state index contributed by atoms with van der Waals surface area (Å²) in [6, 6.07) is 0. The maximum atomic E-state index is 3.79. The third-order valence-electron chi connectivity index (χ3n) is 3.99. The Morgan fingerprint density at radius 3 is 2.33 bits per heavy atom. The molecule has 0 bridgehead atoms. The molecule has 0 aliphatic carbocycles. The van der Waals surface area contributed by atoms with Crippen molar-refractivity contribution in [3.8, 4) is 0 Å². The third kappa shape index (κ3) is 5.25. The highest BCUT2D eigenvalue weighted by Gasteiger charge is 2.33. The Balaban J connectivity index is 2.50. The molecule has 1 heterocycles. The van der Waals surface area contributed by atoms with Crippen molar-refractivity contribution in [3.63, 3.8) is 0 Å². The Morgan fingerprint density at radius 2 is 1.83 bits per heavy atom. The first-order chi connectivity index (χ1) is 8.62. The van der Waals surface area contributed by atoms with Crippen molar-refractivity contribution in [1.29, 1.82) is 0 Å². The summed E-state index contributed by atoms with van der Waals surface area (Å²) in [4.78, 5) is 4.95. The Morgan fingerprint density at radius 1 is 1.06 bits per heavy atom. The van der Waals surface area contributed by atoms with Gasteiger partial charge in [-0.25, -0.2) is 0 Å². The van der Waals surface area contributed by atoms with Crippen LogP contribution in [0.1, 0.15) is 46.0 Å². The van der Waals surface area contributed by atoms with Crippen molar-refractivity contribution in [2.45, 2.75) is 51.5 Å². The SMILES string of the molecule is CCCN(CCN(C)C)CC1(CCC)CCCN1. The van der Waals surface area contributed by atoms with Crippen LogP contribution in [-0.2, 0) is 0 Å². The van der Waals surface area contributed by atoms with Gasteiger partial charge in [0.2, 0.25) is 0 Å². The molecule has 3 nitrogen and oxygen atoms in total. The summed E-state index contributed by atoms with van der Waals surface area (Å²) in [7, 11) is 4.33. The molecule has 1 atom stereocenters. The largest absolute Gasteiger partial charge is 0.310 e. The molecule has 1 aliphatic rings. The van der Waals surface area contributed by atoms with E-state index >= 15 is 0 Å². The monoisotopic (exact) mass is 255 g/mol. The first-order valence-electron chi connectivity index (χ1n) is 7.74. The molecular formula is C15H33N3. The van der Waals surface area contributed by atoms with Gasteiger partial charge < -0.3 is 15.1 Å². The number of likely N-dealkylation sites (N-methyl/N-ethyl adjacent to an activating group) is 1. The molecule has 0 saturated carbocycles. The summed E-state index contributed by atoms with van der Waals surface area (Å²) < 4.78 is 0. The van der Waals surface area contributed by atoms with Crippen molar-refractivity contribution < 1.29 is 0 Å². The van der Waals surface area contributed by atoms with Gasteiger partial charge in [0.15, 0.2) is 0 Å². The minimum atomic E-state index is 0.413. The van der Waals surface area contributed by atoms with Crippen molar-refractivity contribution in [1.82, 2.24) is 15.1 Å². The summed E-state index contributed by atoms with van der Waals surface area (Å²) >= 11 is 0. The van der Waals surface area contributed by atoms with E-state index in [1.807, 2.05) is 0 Å². The van der Waals surface area contributed by atoms with E-state index < -0.39 is 0 Å². The van der Waals surface area contributed by atoms with Crippen LogP contribution in [0.2, 0.25) is 0 Å². The second-order valence-electron chi connectivity index (χ2n) is 6.14. The minimum Gasteiger partial charge on any atom is -0.310 e. The van der Waals surface area contributed by atoms with Gasteiger partial charge >= 0.3 is 0 Å². The van der Waals surface area contributed by atoms with Gasteiger partial charge in [-0.2, -0.15) is 0 Å². The van der Waals surface area contributed by atoms with E-state index in [2.05, 4.69) is 43.1 Å². The molecule has 0 aromatic heterocycles. The molecule has 0 aromatic rings. The fraction of sp³-hybridized carbons (Fsp3) is 1.00. The van der Waals surface area contributed by atoms with Crippen molar-refractivity contribution in [2.24, 2.45) is 0 Å². The molecule has 18 heavy (non-hydrogen) atoms. The number of rotatable bonds is 9. The zero-order valence-corrected chi connectivity index (χ0v) is 13.0. The van der Waals surface area contributed by atoms with Crippen LogP contribution in [0, 0.1) is 0 Å². The number of hydrogen-bond donors (Lipinski definition) is 1. The van der Waals surface area contributed by atoms with Crippen LogP contribution in [0.3, 0.4) is 0 Å². The Bertz CT molecular complexity index is 210. The molecule has 108 valence electrons. The molecule has 0 amide bonds. The van der Waals surface area contributed by atoms with Crippen LogP contribution in [0.25, 0.3) is 0 Å². The first-order valence-corrected chi connectivity index (χ1v) is 7.74. The Kier molecular flexibility index (Phi) is 7.20. The molecule has 0 aromatic carbocycles. The fourth-order valence-electron chi connectivity index (χ4n) is 3.13. The van der Waals surface area contributed by atoms with Gasteiger partial charge in [-0.15, -0.1) is 0 Å². The second-order valence-corrected chi connectivity index (χ2v) is 6.14. The lowest BCUT2D eigenvalue weighted by Crippen LogP contribution is -2.51. The van der Waals surface area contributed by atoms with Crippen LogP contribution < -0.4 is 5.32 Å². The van der Waals surface area contributed by atoms with E-state index in [0.29, 0.717) is 5.54 Å². The lowest BCUT2D eigenvalue weighted by molar-refractivity contribution is 0.170. The van der Waals surface area contributed by atoms with Crippen LogP contribution >= 0.6 is 0 Å². The molecule has 0 spiro atoms. The highest BCUT2D eigenvalue weighted by molar-refractivity contribution is 4.95. The average Bonchev–Trinajstić information content (AvgIpc) is 2.75. The molecule has 1 rings (SSSR count). The van der Waals surface area contributed by atoms with Crippen molar-refractivity contribution in [2.75, 3.05) is 46.8 Å². The van der Waals surface area contributed by atoms with Gasteiger partial charge in [0.05, 0.1) is 0 Å². The van der Waals surface area contributed by atoms with Crippen LogP contribution in [0.5, 0.6) is 0 Å². The number of nitrogens with zero attached hydrogens (tertiary/aromatic N) is 2. The molecule has 1 fully saturated rings. The van der Waals surface area contributed by atoms with E-state index in [1.54, 1.807) is 0 Å². The predicted molar refractivity (Wildman–Crippen MR) is 80.2 cm³/mol. The minimum absolute atomic E-state index is 0.413. The zero-order chi connectivity index (χ0) is 13.4. The molecular weight excluding hydrogens is 222 g/mol. The summed E-state index contributed by atoms with van der Waals surface area (Å²) in [5.41, 5.74) is 0.413. The average molecular weight is 255 g/mol. The highest BCUT2D eigenvalue weighted by Crippen LogP contribution is 2.25. The van der Waals surface area contributed by atoms with Gasteiger partial charge in [0, 0.05) is 25.2 Å². The molecule has 1 N–H and O–H groups in total. The first kappa shape index (κ1) is 15.9. The number of nitrogens with one attached hydrogen (secondary N) is 1. The Hall–Kier alpha value is -0.120. The summed E-state index contributed by atoms with van der Waals surface area (Å²) in [6.45, 7) is 10.7. The van der Waals surface area contributed by atoms with Crippen LogP contribution in [0.4, 0.5) is 0 Å². The summed E-state index contributed by atoms with van der Waals surface area (Å²) in [5, 5.41) is 3.79. The molecule has 0 radical (unpaired) electrons. The normalized spacial score (nSPS) is 24.3. The molecule has 3 heteroatoms. The number of hydrogen-bond acceptors (Lipinski definition) is 3. The standard InChI is InChI=1S/C15H33N3/c1-5-8-15(9-7-10-16-15)14-18(11-6-2)13-12-17(3)4/h16H,5-14H2,1-4H3. The van der Waals surface area contributed by atoms with Crippen molar-refractivity contribution in [3.05, 3.63) is 0 Å². The van der Waals surface area contributed by atoms with Crippen LogP contribution in [0.15, 0.2) is 0 Å². The Labute approximate surface area is 114 Å². The summed E-state index contributed by atoms with van der Waals surface area (Å²) in [6.07, 6.45) is 6.60. The molecule has 1 aliphatic heterocycles. The molecule has 1 saturated heterocycles. The van der Waals surface area contributed by atoms with Crippen molar-refractivity contribution >= 4 is 0 Å². The predicted octanol–water partition coefficient (Wildman–Crippen LogP) is 2.18. The lowest BCUT2D eigenvalue weighted by Gasteiger charge is -2.36. The van der Waals surface area contributed by atoms with E-state index in [4.69, 9.17) is 0 Å². The fourth-order valence-corrected chi connectivity index (χ4v) is 3.13. The lowest BCUT2D eigenvalue weighted by atomic mass is 9.91. The maximum Gasteiger partial charge on any atom is 0.0309 e. The van der Waals surface area contributed by atoms with Gasteiger partial charge in [-0.05, 0) is 52.9 Å². The van der Waals surface area contributed by atoms with E-state index in [1.165, 1.54) is 64.8 Å². The maximum absolute atomic E-state index is 3.79. The van der Waals surface area contributed by atoms with Gasteiger partial charge in [-0.1, -0.05) is 20.3 Å². The highest BCUT2D eigenvalue weighted by atomic mass is 15.2. The second kappa shape index (κ2) is 8.13. The van der Waals surface area contributed by atoms with Crippen LogP contribution in [-0.4, -0.2) is 62.2 Å². The third-order valence-corrected chi connectivity index (χ3v) is 3.99. The topological polar surface area (TPSA) is 18.5 Å². The van der Waals surface area contributed by atoms with Gasteiger partial charge in [-0.3, -0.25) is 0 Å². The smallest absolute Gasteiger partial charge is 0.0309 e. The summed E-state index contributed by atoms with van der Waals surface area (Å²) in [5.74, 6) is 0. The quantitative estimate of drug-likeness (QED) is 0.681. The van der Waals surface area contributed by atoms with E-state index in [0.717, 1.165) is 0 Å². The zero-order valence-electron chi connectivity index (χ0n) is 13.0. The molecule has 1 unspecified atom stereocenters. The van der Waals surface area contributed by atoms with E-state index in [-0.39, 0.29) is 0 Å². The van der Waals surface area contributed by atoms with Gasteiger partial charge in [0.25, 0.3) is 0 Å².